The number of ketones is 1. The highest BCUT2D eigenvalue weighted by atomic mass is 16.4. The molecule has 0 amide bonds. The summed E-state index contributed by atoms with van der Waals surface area (Å²) in [6.07, 6.45) is 12.0. The summed E-state index contributed by atoms with van der Waals surface area (Å²) in [5, 5.41) is 31.9. The summed E-state index contributed by atoms with van der Waals surface area (Å²) >= 11 is 0. The molecule has 1 aliphatic rings. The number of aliphatic carboxylic acids is 1. The molecule has 0 spiro atoms. The summed E-state index contributed by atoms with van der Waals surface area (Å²) in [5.74, 6) is -2.01. The lowest BCUT2D eigenvalue weighted by molar-refractivity contribution is -0.186. The number of hydrogen-bond acceptors (Lipinski definition) is 4. The summed E-state index contributed by atoms with van der Waals surface area (Å²) in [5.41, 5.74) is -3.16. The van der Waals surface area contributed by atoms with Crippen LogP contribution in [-0.2, 0) is 9.59 Å². The Bertz CT molecular complexity index is 501. The molecule has 156 valence electrons. The Hall–Kier alpha value is -1.20. The van der Waals surface area contributed by atoms with Gasteiger partial charge in [-0.25, -0.2) is 0 Å². The normalized spacial score (nSPS) is 26.5. The van der Waals surface area contributed by atoms with E-state index in [1.54, 1.807) is 0 Å². The van der Waals surface area contributed by atoms with Gasteiger partial charge in [-0.1, -0.05) is 44.8 Å². The number of Topliss-reactive ketones (excluding diaryl/α,β-unsaturated/α-hetero) is 1. The average Bonchev–Trinajstić information content (AvgIpc) is 2.92. The molecular formula is C22H38O5. The van der Waals surface area contributed by atoms with Gasteiger partial charge in [0.25, 0.3) is 0 Å². The fourth-order valence-corrected chi connectivity index (χ4v) is 4.33. The van der Waals surface area contributed by atoms with Gasteiger partial charge >= 0.3 is 5.97 Å². The summed E-state index contributed by atoms with van der Waals surface area (Å²) < 4.78 is 0. The Morgan fingerprint density at radius 2 is 1.78 bits per heavy atom. The van der Waals surface area contributed by atoms with Crippen molar-refractivity contribution in [2.45, 2.75) is 109 Å². The van der Waals surface area contributed by atoms with E-state index < -0.39 is 23.1 Å². The smallest absolute Gasteiger partial charge is 0.309 e. The van der Waals surface area contributed by atoms with Crippen molar-refractivity contribution in [3.05, 3.63) is 12.2 Å². The second kappa shape index (κ2) is 11.6. The first-order valence-electron chi connectivity index (χ1n) is 10.6. The van der Waals surface area contributed by atoms with Gasteiger partial charge in [0.15, 0.2) is 0 Å². The van der Waals surface area contributed by atoms with Crippen LogP contribution < -0.4 is 0 Å². The van der Waals surface area contributed by atoms with E-state index in [1.807, 2.05) is 19.1 Å². The van der Waals surface area contributed by atoms with Crippen molar-refractivity contribution >= 4 is 11.8 Å². The van der Waals surface area contributed by atoms with Crippen LogP contribution in [0.1, 0.15) is 97.3 Å². The van der Waals surface area contributed by atoms with Crippen molar-refractivity contribution in [3.8, 4) is 0 Å². The minimum Gasteiger partial charge on any atom is -0.481 e. The van der Waals surface area contributed by atoms with Crippen LogP contribution in [-0.4, -0.2) is 38.3 Å². The fraction of sp³-hybridized carbons (Fsp3) is 0.818. The van der Waals surface area contributed by atoms with Gasteiger partial charge in [0.1, 0.15) is 11.4 Å². The number of rotatable bonds is 14. The molecule has 3 N–H and O–H groups in total. The van der Waals surface area contributed by atoms with Gasteiger partial charge in [0.2, 0.25) is 0 Å². The highest BCUT2D eigenvalue weighted by Crippen LogP contribution is 2.48. The maximum Gasteiger partial charge on any atom is 0.309 e. The zero-order chi connectivity index (χ0) is 20.3. The van der Waals surface area contributed by atoms with Gasteiger partial charge in [-0.05, 0) is 51.9 Å². The van der Waals surface area contributed by atoms with Crippen LogP contribution in [0.5, 0.6) is 0 Å². The third kappa shape index (κ3) is 6.72. The van der Waals surface area contributed by atoms with E-state index in [4.69, 9.17) is 0 Å². The van der Waals surface area contributed by atoms with E-state index in [1.165, 1.54) is 12.8 Å². The number of aliphatic hydroxyl groups is 2. The topological polar surface area (TPSA) is 94.8 Å². The van der Waals surface area contributed by atoms with Crippen LogP contribution in [0, 0.1) is 5.92 Å². The Balaban J connectivity index is 2.65. The molecule has 5 nitrogen and oxygen atoms in total. The second-order valence-corrected chi connectivity index (χ2v) is 8.05. The Labute approximate surface area is 163 Å². The minimum atomic E-state index is -1.66. The third-order valence-corrected chi connectivity index (χ3v) is 6.06. The molecule has 3 unspecified atom stereocenters. The first-order chi connectivity index (χ1) is 12.8. The van der Waals surface area contributed by atoms with Gasteiger partial charge < -0.3 is 15.3 Å². The highest BCUT2D eigenvalue weighted by Gasteiger charge is 2.58. The van der Waals surface area contributed by atoms with Crippen molar-refractivity contribution in [1.29, 1.82) is 0 Å². The Morgan fingerprint density at radius 1 is 1.07 bits per heavy atom. The number of allylic oxidation sites excluding steroid dienone is 2. The number of carbonyl (C=O) groups is 2. The van der Waals surface area contributed by atoms with Gasteiger partial charge in [0, 0.05) is 12.8 Å². The van der Waals surface area contributed by atoms with E-state index in [9.17, 15) is 24.9 Å². The first-order valence-corrected chi connectivity index (χ1v) is 10.6. The largest absolute Gasteiger partial charge is 0.481 e. The van der Waals surface area contributed by atoms with Crippen LogP contribution >= 0.6 is 0 Å². The van der Waals surface area contributed by atoms with E-state index in [-0.39, 0.29) is 31.5 Å². The molecule has 27 heavy (non-hydrogen) atoms. The van der Waals surface area contributed by atoms with E-state index in [0.717, 1.165) is 19.3 Å². The van der Waals surface area contributed by atoms with Crippen LogP contribution in [0.15, 0.2) is 12.2 Å². The minimum absolute atomic E-state index is 0.0926. The number of unbranched alkanes of at least 4 members (excludes halogenated alkanes) is 4. The van der Waals surface area contributed by atoms with Crippen molar-refractivity contribution in [3.63, 3.8) is 0 Å². The average molecular weight is 383 g/mol. The molecule has 0 aromatic carbocycles. The lowest BCUT2D eigenvalue weighted by Gasteiger charge is -2.42. The standard InChI is InChI=1S/C22H38O5/c1-3-5-7-8-10-12-18(23)14-17-21(26)15-11-16-22(21,27)19(20(24)25)13-9-6-4-2/h4,6,19,26-27H,3,5,7-17H2,1-2H3,(H,24,25)/b6-4+. The molecule has 1 rings (SSSR count). The monoisotopic (exact) mass is 382 g/mol. The molecule has 0 bridgehead atoms. The molecule has 0 aliphatic heterocycles. The van der Waals surface area contributed by atoms with E-state index in [2.05, 4.69) is 6.92 Å². The van der Waals surface area contributed by atoms with Gasteiger partial charge in [-0.2, -0.15) is 0 Å². The van der Waals surface area contributed by atoms with Gasteiger partial charge in [-0.15, -0.1) is 0 Å². The molecule has 0 radical (unpaired) electrons. The van der Waals surface area contributed by atoms with Crippen LogP contribution in [0.25, 0.3) is 0 Å². The highest BCUT2D eigenvalue weighted by molar-refractivity contribution is 5.78. The van der Waals surface area contributed by atoms with Crippen molar-refractivity contribution in [2.24, 2.45) is 5.92 Å². The maximum atomic E-state index is 12.2. The molecule has 0 aromatic rings. The number of carboxylic acids is 1. The number of hydrogen-bond donors (Lipinski definition) is 3. The van der Waals surface area contributed by atoms with Crippen LogP contribution in [0.3, 0.4) is 0 Å². The predicted molar refractivity (Wildman–Crippen MR) is 107 cm³/mol. The third-order valence-electron chi connectivity index (χ3n) is 6.06. The zero-order valence-electron chi connectivity index (χ0n) is 17.1. The zero-order valence-corrected chi connectivity index (χ0v) is 17.1. The van der Waals surface area contributed by atoms with Gasteiger partial charge in [-0.3, -0.25) is 9.59 Å². The molecule has 5 heteroatoms. The summed E-state index contributed by atoms with van der Waals surface area (Å²) in [4.78, 5) is 24.0. The molecule has 0 heterocycles. The number of carboxylic acid groups (broad SMARTS) is 1. The molecule has 0 saturated heterocycles. The Kier molecular flexibility index (Phi) is 10.2. The van der Waals surface area contributed by atoms with Crippen molar-refractivity contribution in [2.75, 3.05) is 0 Å². The van der Waals surface area contributed by atoms with Crippen LogP contribution in [0.4, 0.5) is 0 Å². The molecular weight excluding hydrogens is 344 g/mol. The summed E-state index contributed by atoms with van der Waals surface area (Å²) in [6, 6.07) is 0. The second-order valence-electron chi connectivity index (χ2n) is 8.05. The first kappa shape index (κ1) is 23.8. The van der Waals surface area contributed by atoms with Crippen LogP contribution in [0.2, 0.25) is 0 Å². The quantitative estimate of drug-likeness (QED) is 0.306. The van der Waals surface area contributed by atoms with Gasteiger partial charge in [0.05, 0.1) is 11.5 Å². The summed E-state index contributed by atoms with van der Waals surface area (Å²) in [6.45, 7) is 4.02. The molecule has 1 fully saturated rings. The maximum absolute atomic E-state index is 12.2. The molecule has 3 atom stereocenters. The Morgan fingerprint density at radius 3 is 2.41 bits per heavy atom. The predicted octanol–water partition coefficient (Wildman–Crippen LogP) is 4.40. The number of carbonyl (C=O) groups excluding carboxylic acids is 1. The lowest BCUT2D eigenvalue weighted by atomic mass is 9.71. The van der Waals surface area contributed by atoms with Crippen molar-refractivity contribution in [1.82, 2.24) is 0 Å². The molecule has 1 saturated carbocycles. The molecule has 1 aliphatic carbocycles. The van der Waals surface area contributed by atoms with E-state index in [0.29, 0.717) is 25.7 Å². The lowest BCUT2D eigenvalue weighted by Crippen LogP contribution is -2.57. The SMILES string of the molecule is C/C=C/CCC(C(=O)O)C1(O)CCCC1(O)CCC(=O)CCCCCCC. The van der Waals surface area contributed by atoms with E-state index >= 15 is 0 Å². The van der Waals surface area contributed by atoms with Crippen molar-refractivity contribution < 1.29 is 24.9 Å². The molecule has 0 aromatic heterocycles. The summed E-state index contributed by atoms with van der Waals surface area (Å²) in [7, 11) is 0. The fourth-order valence-electron chi connectivity index (χ4n) is 4.33.